The van der Waals surface area contributed by atoms with Crippen molar-refractivity contribution in [2.24, 2.45) is 5.92 Å². The molecular formula is C12H20N2O3. The van der Waals surface area contributed by atoms with Crippen LogP contribution in [0.4, 0.5) is 4.79 Å². The zero-order valence-corrected chi connectivity index (χ0v) is 10.3. The molecule has 96 valence electrons. The highest BCUT2D eigenvalue weighted by Crippen LogP contribution is 2.07. The number of carbonyl (C=O) groups excluding carboxylic acids is 1. The van der Waals surface area contributed by atoms with Crippen molar-refractivity contribution in [1.29, 1.82) is 0 Å². The summed E-state index contributed by atoms with van der Waals surface area (Å²) in [5, 5.41) is 11.6. The minimum atomic E-state index is -0.973. The Morgan fingerprint density at radius 1 is 1.41 bits per heavy atom. The monoisotopic (exact) mass is 240 g/mol. The predicted molar refractivity (Wildman–Crippen MR) is 64.7 cm³/mol. The quantitative estimate of drug-likeness (QED) is 0.731. The van der Waals surface area contributed by atoms with Crippen LogP contribution >= 0.6 is 0 Å². The minimum absolute atomic E-state index is 0.234. The van der Waals surface area contributed by atoms with Gasteiger partial charge in [0.2, 0.25) is 0 Å². The summed E-state index contributed by atoms with van der Waals surface area (Å²) >= 11 is 0. The number of nitrogens with zero attached hydrogens (tertiary/aromatic N) is 1. The molecule has 0 spiro atoms. The first-order valence-electron chi connectivity index (χ1n) is 5.94. The number of hydrogen-bond donors (Lipinski definition) is 2. The van der Waals surface area contributed by atoms with Gasteiger partial charge in [0.15, 0.2) is 0 Å². The van der Waals surface area contributed by atoms with Crippen LogP contribution in [-0.4, -0.2) is 41.1 Å². The normalized spacial score (nSPS) is 17.0. The molecule has 0 saturated carbocycles. The third-order valence-electron chi connectivity index (χ3n) is 2.65. The second-order valence-corrected chi connectivity index (χ2v) is 4.68. The molecule has 1 aliphatic rings. The van der Waals surface area contributed by atoms with Crippen molar-refractivity contribution in [2.45, 2.75) is 32.7 Å². The molecule has 1 heterocycles. The molecule has 0 bridgehead atoms. The first-order chi connectivity index (χ1) is 8.00. The summed E-state index contributed by atoms with van der Waals surface area (Å²) in [5.41, 5.74) is 0. The molecule has 0 aromatic carbocycles. The van der Waals surface area contributed by atoms with Crippen LogP contribution in [0.1, 0.15) is 26.7 Å². The van der Waals surface area contributed by atoms with E-state index in [-0.39, 0.29) is 11.9 Å². The number of aliphatic carboxylic acids is 1. The van der Waals surface area contributed by atoms with Crippen molar-refractivity contribution in [1.82, 2.24) is 10.2 Å². The summed E-state index contributed by atoms with van der Waals surface area (Å²) in [4.78, 5) is 24.4. The molecule has 0 radical (unpaired) electrons. The third kappa shape index (κ3) is 4.46. The van der Waals surface area contributed by atoms with Gasteiger partial charge in [0, 0.05) is 13.1 Å². The van der Waals surface area contributed by atoms with Crippen molar-refractivity contribution in [3.05, 3.63) is 12.2 Å². The van der Waals surface area contributed by atoms with Gasteiger partial charge in [0.25, 0.3) is 0 Å². The van der Waals surface area contributed by atoms with E-state index in [4.69, 9.17) is 5.11 Å². The van der Waals surface area contributed by atoms with Crippen LogP contribution in [-0.2, 0) is 4.79 Å². The van der Waals surface area contributed by atoms with E-state index in [1.54, 1.807) is 4.90 Å². The van der Waals surface area contributed by atoms with Gasteiger partial charge in [-0.2, -0.15) is 0 Å². The Balaban J connectivity index is 2.51. The molecule has 1 rings (SSSR count). The van der Waals surface area contributed by atoms with Gasteiger partial charge in [-0.25, -0.2) is 9.59 Å². The van der Waals surface area contributed by atoms with Crippen molar-refractivity contribution in [3.63, 3.8) is 0 Å². The summed E-state index contributed by atoms with van der Waals surface area (Å²) < 4.78 is 0. The molecule has 17 heavy (non-hydrogen) atoms. The highest BCUT2D eigenvalue weighted by molar-refractivity contribution is 5.82. The van der Waals surface area contributed by atoms with Gasteiger partial charge in [-0.3, -0.25) is 0 Å². The minimum Gasteiger partial charge on any atom is -0.480 e. The topological polar surface area (TPSA) is 69.6 Å². The number of rotatable bonds is 4. The fourth-order valence-electron chi connectivity index (χ4n) is 1.76. The molecule has 0 saturated heterocycles. The lowest BCUT2D eigenvalue weighted by Crippen LogP contribution is -2.49. The molecule has 0 aliphatic carbocycles. The van der Waals surface area contributed by atoms with E-state index in [0.717, 1.165) is 6.42 Å². The highest BCUT2D eigenvalue weighted by atomic mass is 16.4. The molecule has 1 atom stereocenters. The summed E-state index contributed by atoms with van der Waals surface area (Å²) in [6.45, 7) is 5.08. The Labute approximate surface area is 101 Å². The van der Waals surface area contributed by atoms with E-state index >= 15 is 0 Å². The Morgan fingerprint density at radius 2 is 2.12 bits per heavy atom. The SMILES string of the molecule is CC(C)C[C@@H](NC(=O)N1CC=CCC1)C(=O)O. The fraction of sp³-hybridized carbons (Fsp3) is 0.667. The first kappa shape index (κ1) is 13.5. The maximum atomic E-state index is 11.8. The summed E-state index contributed by atoms with van der Waals surface area (Å²) in [6.07, 6.45) is 5.22. The highest BCUT2D eigenvalue weighted by Gasteiger charge is 2.23. The van der Waals surface area contributed by atoms with Crippen LogP contribution in [0.2, 0.25) is 0 Å². The zero-order valence-electron chi connectivity index (χ0n) is 10.3. The first-order valence-corrected chi connectivity index (χ1v) is 5.94. The van der Waals surface area contributed by atoms with Crippen LogP contribution in [0.25, 0.3) is 0 Å². The van der Waals surface area contributed by atoms with E-state index in [1.165, 1.54) is 0 Å². The lowest BCUT2D eigenvalue weighted by Gasteiger charge is -2.26. The zero-order chi connectivity index (χ0) is 12.8. The summed E-state index contributed by atoms with van der Waals surface area (Å²) in [6, 6.07) is -1.09. The number of hydrogen-bond acceptors (Lipinski definition) is 2. The Hall–Kier alpha value is -1.52. The Bertz CT molecular complexity index is 313. The lowest BCUT2D eigenvalue weighted by atomic mass is 10.0. The molecule has 0 fully saturated rings. The van der Waals surface area contributed by atoms with E-state index in [1.807, 2.05) is 26.0 Å². The lowest BCUT2D eigenvalue weighted by molar-refractivity contribution is -0.139. The van der Waals surface area contributed by atoms with Gasteiger partial charge in [-0.1, -0.05) is 26.0 Å². The third-order valence-corrected chi connectivity index (χ3v) is 2.65. The smallest absolute Gasteiger partial charge is 0.326 e. The Kier molecular flexibility index (Phi) is 5.00. The van der Waals surface area contributed by atoms with Crippen molar-refractivity contribution in [3.8, 4) is 0 Å². The average Bonchev–Trinajstić information content (AvgIpc) is 2.28. The molecule has 1 aliphatic heterocycles. The van der Waals surface area contributed by atoms with E-state index in [0.29, 0.717) is 19.5 Å². The number of urea groups is 1. The van der Waals surface area contributed by atoms with Gasteiger partial charge >= 0.3 is 12.0 Å². The summed E-state index contributed by atoms with van der Waals surface area (Å²) in [5.74, 6) is -0.739. The molecule has 5 nitrogen and oxygen atoms in total. The maximum absolute atomic E-state index is 11.8. The molecule has 0 aromatic rings. The van der Waals surface area contributed by atoms with Crippen LogP contribution in [0.5, 0.6) is 0 Å². The van der Waals surface area contributed by atoms with Gasteiger partial charge in [-0.05, 0) is 18.8 Å². The molecule has 0 unspecified atom stereocenters. The van der Waals surface area contributed by atoms with Crippen LogP contribution in [0.15, 0.2) is 12.2 Å². The van der Waals surface area contributed by atoms with E-state index < -0.39 is 12.0 Å². The van der Waals surface area contributed by atoms with Crippen molar-refractivity contribution < 1.29 is 14.7 Å². The number of nitrogens with one attached hydrogen (secondary N) is 1. The number of carboxylic acids is 1. The number of carbonyl (C=O) groups is 2. The van der Waals surface area contributed by atoms with Gasteiger partial charge in [-0.15, -0.1) is 0 Å². The Morgan fingerprint density at radius 3 is 2.59 bits per heavy atom. The number of amides is 2. The molecule has 2 amide bonds. The van der Waals surface area contributed by atoms with Gasteiger partial charge in [0.05, 0.1) is 0 Å². The van der Waals surface area contributed by atoms with Gasteiger partial charge in [0.1, 0.15) is 6.04 Å². The molecular weight excluding hydrogens is 220 g/mol. The van der Waals surface area contributed by atoms with E-state index in [2.05, 4.69) is 5.32 Å². The number of carboxylic acid groups (broad SMARTS) is 1. The van der Waals surface area contributed by atoms with Crippen LogP contribution < -0.4 is 5.32 Å². The van der Waals surface area contributed by atoms with Crippen molar-refractivity contribution >= 4 is 12.0 Å². The predicted octanol–water partition coefficient (Wildman–Crippen LogP) is 1.46. The summed E-state index contributed by atoms with van der Waals surface area (Å²) in [7, 11) is 0. The molecule has 5 heteroatoms. The van der Waals surface area contributed by atoms with Crippen molar-refractivity contribution in [2.75, 3.05) is 13.1 Å². The van der Waals surface area contributed by atoms with Crippen LogP contribution in [0.3, 0.4) is 0 Å². The maximum Gasteiger partial charge on any atom is 0.326 e. The second-order valence-electron chi connectivity index (χ2n) is 4.68. The van der Waals surface area contributed by atoms with Gasteiger partial charge < -0.3 is 15.3 Å². The average molecular weight is 240 g/mol. The fourth-order valence-corrected chi connectivity index (χ4v) is 1.76. The van der Waals surface area contributed by atoms with E-state index in [9.17, 15) is 9.59 Å². The molecule has 2 N–H and O–H groups in total. The second kappa shape index (κ2) is 6.27. The van der Waals surface area contributed by atoms with Crippen LogP contribution in [0, 0.1) is 5.92 Å². The largest absolute Gasteiger partial charge is 0.480 e. The molecule has 0 aromatic heterocycles. The standard InChI is InChI=1S/C12H20N2O3/c1-9(2)8-10(11(15)16)13-12(17)14-6-4-3-5-7-14/h3-4,9-10H,5-8H2,1-2H3,(H,13,17)(H,15,16)/t10-/m1/s1.